The number of rotatable bonds is 2. The number of para-hydroxylation sites is 1. The predicted octanol–water partition coefficient (Wildman–Crippen LogP) is 2.59. The Labute approximate surface area is 98.4 Å². The number of hydrogen-bond donors (Lipinski definition) is 2. The summed E-state index contributed by atoms with van der Waals surface area (Å²) in [4.78, 5) is 3.33. The van der Waals surface area contributed by atoms with Crippen molar-refractivity contribution in [2.75, 3.05) is 0 Å². The molecule has 0 fully saturated rings. The fourth-order valence-corrected chi connectivity index (χ4v) is 2.12. The third-order valence-electron chi connectivity index (χ3n) is 2.91. The molecule has 1 aromatic carbocycles. The first-order chi connectivity index (χ1) is 8.29. The van der Waals surface area contributed by atoms with Crippen LogP contribution < -0.4 is 5.73 Å². The van der Waals surface area contributed by atoms with Gasteiger partial charge in [0, 0.05) is 34.8 Å². The van der Waals surface area contributed by atoms with Crippen LogP contribution in [0.4, 0.5) is 0 Å². The van der Waals surface area contributed by atoms with E-state index in [2.05, 4.69) is 16.2 Å². The molecule has 3 rings (SSSR count). The minimum atomic E-state index is 0.394. The Morgan fingerprint density at radius 1 is 1.35 bits per heavy atom. The highest BCUT2D eigenvalue weighted by atomic mass is 16.5. The number of H-pyrrole nitrogens is 1. The molecular weight excluding hydrogens is 214 g/mol. The van der Waals surface area contributed by atoms with Crippen molar-refractivity contribution in [3.05, 3.63) is 41.7 Å². The van der Waals surface area contributed by atoms with Gasteiger partial charge in [-0.2, -0.15) is 0 Å². The van der Waals surface area contributed by atoms with Gasteiger partial charge in [-0.05, 0) is 13.0 Å². The van der Waals surface area contributed by atoms with Crippen LogP contribution in [0.15, 0.2) is 34.9 Å². The van der Waals surface area contributed by atoms with Crippen LogP contribution in [0.2, 0.25) is 0 Å². The van der Waals surface area contributed by atoms with Crippen molar-refractivity contribution in [1.82, 2.24) is 10.1 Å². The van der Waals surface area contributed by atoms with Gasteiger partial charge in [-0.25, -0.2) is 0 Å². The van der Waals surface area contributed by atoms with Crippen molar-refractivity contribution in [2.24, 2.45) is 5.73 Å². The molecule has 0 aliphatic rings. The van der Waals surface area contributed by atoms with E-state index in [0.29, 0.717) is 6.54 Å². The zero-order valence-electron chi connectivity index (χ0n) is 9.53. The van der Waals surface area contributed by atoms with E-state index in [1.54, 1.807) is 0 Å². The van der Waals surface area contributed by atoms with Crippen molar-refractivity contribution in [3.63, 3.8) is 0 Å². The van der Waals surface area contributed by atoms with E-state index >= 15 is 0 Å². The molecule has 0 unspecified atom stereocenters. The van der Waals surface area contributed by atoms with Gasteiger partial charge in [-0.15, -0.1) is 0 Å². The molecule has 4 heteroatoms. The van der Waals surface area contributed by atoms with Crippen LogP contribution >= 0.6 is 0 Å². The summed E-state index contributed by atoms with van der Waals surface area (Å²) in [6, 6.07) is 10.0. The first kappa shape index (κ1) is 10.1. The van der Waals surface area contributed by atoms with Crippen LogP contribution in [0.5, 0.6) is 0 Å². The highest BCUT2D eigenvalue weighted by Crippen LogP contribution is 2.32. The molecule has 0 spiro atoms. The largest absolute Gasteiger partial charge is 0.358 e. The van der Waals surface area contributed by atoms with Crippen LogP contribution in [-0.2, 0) is 6.54 Å². The molecule has 3 N–H and O–H groups in total. The number of nitrogens with zero attached hydrogens (tertiary/aromatic N) is 1. The maximum Gasteiger partial charge on any atom is 0.169 e. The number of aromatic amines is 1. The quantitative estimate of drug-likeness (QED) is 0.707. The summed E-state index contributed by atoms with van der Waals surface area (Å²) in [6.07, 6.45) is 0. The molecule has 3 aromatic rings. The minimum Gasteiger partial charge on any atom is -0.358 e. The fourth-order valence-electron chi connectivity index (χ4n) is 2.12. The second kappa shape index (κ2) is 3.75. The maximum atomic E-state index is 5.54. The summed E-state index contributed by atoms with van der Waals surface area (Å²) in [6.45, 7) is 2.42. The minimum absolute atomic E-state index is 0.394. The molecule has 0 bridgehead atoms. The molecular formula is C13H13N3O. The van der Waals surface area contributed by atoms with Crippen LogP contribution in [0, 0.1) is 6.92 Å². The molecule has 0 amide bonds. The average molecular weight is 227 g/mol. The van der Waals surface area contributed by atoms with Crippen LogP contribution in [-0.4, -0.2) is 10.1 Å². The Balaban J connectivity index is 2.25. The molecule has 2 aromatic heterocycles. The summed E-state index contributed by atoms with van der Waals surface area (Å²) in [5.74, 6) is 0.764. The molecule has 0 saturated heterocycles. The number of hydrogen-bond acceptors (Lipinski definition) is 3. The van der Waals surface area contributed by atoms with Crippen molar-refractivity contribution < 1.29 is 4.52 Å². The second-order valence-electron chi connectivity index (χ2n) is 4.06. The molecule has 0 aliphatic carbocycles. The number of aromatic nitrogens is 2. The highest BCUT2D eigenvalue weighted by molar-refractivity contribution is 5.96. The average Bonchev–Trinajstić information content (AvgIpc) is 2.91. The third kappa shape index (κ3) is 1.54. The van der Waals surface area contributed by atoms with E-state index < -0.39 is 0 Å². The van der Waals surface area contributed by atoms with Gasteiger partial charge in [0.25, 0.3) is 0 Å². The number of aryl methyl sites for hydroxylation is 1. The molecule has 0 saturated carbocycles. The number of fused-ring (bicyclic) bond motifs is 1. The zero-order chi connectivity index (χ0) is 11.8. The van der Waals surface area contributed by atoms with Crippen molar-refractivity contribution >= 4 is 10.9 Å². The molecule has 0 aliphatic heterocycles. The Bertz CT molecular complexity index is 666. The molecule has 0 atom stereocenters. The summed E-state index contributed by atoms with van der Waals surface area (Å²) < 4.78 is 5.34. The Morgan fingerprint density at radius 3 is 2.94 bits per heavy atom. The normalized spacial score (nSPS) is 11.2. The Kier molecular flexibility index (Phi) is 2.23. The molecule has 86 valence electrons. The first-order valence-corrected chi connectivity index (χ1v) is 5.53. The second-order valence-corrected chi connectivity index (χ2v) is 4.06. The van der Waals surface area contributed by atoms with E-state index in [1.165, 1.54) is 0 Å². The standard InChI is InChI=1S/C13H13N3O/c1-8-13(12-6-9(7-14)16-17-12)10-4-2-3-5-11(10)15-8/h2-6,15H,7,14H2,1H3. The lowest BCUT2D eigenvalue weighted by Gasteiger charge is -1.94. The maximum absolute atomic E-state index is 5.54. The fraction of sp³-hybridized carbons (Fsp3) is 0.154. The topological polar surface area (TPSA) is 67.8 Å². The van der Waals surface area contributed by atoms with Crippen LogP contribution in [0.1, 0.15) is 11.4 Å². The van der Waals surface area contributed by atoms with E-state index in [1.807, 2.05) is 31.2 Å². The summed E-state index contributed by atoms with van der Waals surface area (Å²) in [7, 11) is 0. The lowest BCUT2D eigenvalue weighted by Crippen LogP contribution is -1.94. The smallest absolute Gasteiger partial charge is 0.169 e. The monoisotopic (exact) mass is 227 g/mol. The Morgan fingerprint density at radius 2 is 2.18 bits per heavy atom. The lowest BCUT2D eigenvalue weighted by molar-refractivity contribution is 0.424. The van der Waals surface area contributed by atoms with Gasteiger partial charge in [-0.1, -0.05) is 23.4 Å². The van der Waals surface area contributed by atoms with E-state index in [9.17, 15) is 0 Å². The molecule has 2 heterocycles. The lowest BCUT2D eigenvalue weighted by atomic mass is 10.1. The number of nitrogens with two attached hydrogens (primary N) is 1. The van der Waals surface area contributed by atoms with E-state index in [-0.39, 0.29) is 0 Å². The number of benzene rings is 1. The van der Waals surface area contributed by atoms with E-state index in [0.717, 1.165) is 33.6 Å². The molecule has 0 radical (unpaired) electrons. The van der Waals surface area contributed by atoms with Gasteiger partial charge >= 0.3 is 0 Å². The van der Waals surface area contributed by atoms with E-state index in [4.69, 9.17) is 10.3 Å². The van der Waals surface area contributed by atoms with Gasteiger partial charge in [0.15, 0.2) is 5.76 Å². The summed E-state index contributed by atoms with van der Waals surface area (Å²) in [5, 5.41) is 5.07. The third-order valence-corrected chi connectivity index (χ3v) is 2.91. The highest BCUT2D eigenvalue weighted by Gasteiger charge is 2.14. The molecule has 4 nitrogen and oxygen atoms in total. The Hall–Kier alpha value is -2.07. The first-order valence-electron chi connectivity index (χ1n) is 5.53. The van der Waals surface area contributed by atoms with Gasteiger partial charge in [0.05, 0.1) is 5.69 Å². The molecule has 17 heavy (non-hydrogen) atoms. The van der Waals surface area contributed by atoms with Crippen LogP contribution in [0.3, 0.4) is 0 Å². The van der Waals surface area contributed by atoms with Gasteiger partial charge in [0.1, 0.15) is 0 Å². The van der Waals surface area contributed by atoms with Gasteiger partial charge < -0.3 is 15.2 Å². The SMILES string of the molecule is Cc1[nH]c2ccccc2c1-c1cc(CN)no1. The predicted molar refractivity (Wildman–Crippen MR) is 66.4 cm³/mol. The summed E-state index contributed by atoms with van der Waals surface area (Å²) >= 11 is 0. The zero-order valence-corrected chi connectivity index (χ0v) is 9.53. The summed E-state index contributed by atoms with van der Waals surface area (Å²) in [5.41, 5.74) is 9.55. The van der Waals surface area contributed by atoms with Crippen molar-refractivity contribution in [2.45, 2.75) is 13.5 Å². The van der Waals surface area contributed by atoms with Gasteiger partial charge in [-0.3, -0.25) is 0 Å². The van der Waals surface area contributed by atoms with Crippen LogP contribution in [0.25, 0.3) is 22.2 Å². The van der Waals surface area contributed by atoms with Gasteiger partial charge in [0.2, 0.25) is 0 Å². The van der Waals surface area contributed by atoms with Crippen molar-refractivity contribution in [3.8, 4) is 11.3 Å². The van der Waals surface area contributed by atoms with Crippen molar-refractivity contribution in [1.29, 1.82) is 0 Å². The number of nitrogens with one attached hydrogen (secondary N) is 1.